The lowest BCUT2D eigenvalue weighted by Gasteiger charge is -2.19. The summed E-state index contributed by atoms with van der Waals surface area (Å²) in [6.45, 7) is -1.75. The van der Waals surface area contributed by atoms with Gasteiger partial charge >= 0.3 is 5.69 Å². The van der Waals surface area contributed by atoms with Crippen molar-refractivity contribution in [3.8, 4) is 17.2 Å². The molecular formula is C37H32N6O14. The molecule has 6 rings (SSSR count). The molecule has 0 saturated carbocycles. The summed E-state index contributed by atoms with van der Waals surface area (Å²) in [5.74, 6) is -1.68. The van der Waals surface area contributed by atoms with Gasteiger partial charge in [0.1, 0.15) is 38.0 Å². The Kier molecular flexibility index (Phi) is 12.1. The Morgan fingerprint density at radius 1 is 0.789 bits per heavy atom. The van der Waals surface area contributed by atoms with Gasteiger partial charge in [-0.1, -0.05) is 36.4 Å². The van der Waals surface area contributed by atoms with E-state index in [0.717, 1.165) is 4.57 Å². The number of carbonyl (C=O) groups is 1. The fourth-order valence-electron chi connectivity index (χ4n) is 5.90. The van der Waals surface area contributed by atoms with E-state index in [-0.39, 0.29) is 68.8 Å². The summed E-state index contributed by atoms with van der Waals surface area (Å²) in [5.41, 5.74) is -1.41. The van der Waals surface area contributed by atoms with E-state index in [1.807, 2.05) is 0 Å². The molecule has 4 aromatic carbocycles. The third kappa shape index (κ3) is 9.16. The van der Waals surface area contributed by atoms with E-state index in [1.165, 1.54) is 79.0 Å². The van der Waals surface area contributed by atoms with Gasteiger partial charge in [0.25, 0.3) is 23.0 Å². The fourth-order valence-corrected chi connectivity index (χ4v) is 5.90. The predicted octanol–water partition coefficient (Wildman–Crippen LogP) is 4.60. The summed E-state index contributed by atoms with van der Waals surface area (Å²) in [6, 6.07) is 20.9. The minimum absolute atomic E-state index is 0.00832. The number of hydrogen-bond acceptors (Lipinski definition) is 15. The fraction of sp³-hybridized carbons (Fsp3) is 0.216. The molecule has 294 valence electrons. The summed E-state index contributed by atoms with van der Waals surface area (Å²) >= 11 is 0. The van der Waals surface area contributed by atoms with E-state index in [2.05, 4.69) is 10.3 Å². The van der Waals surface area contributed by atoms with Crippen molar-refractivity contribution in [2.45, 2.75) is 44.7 Å². The van der Waals surface area contributed by atoms with Gasteiger partial charge in [0.05, 0.1) is 44.2 Å². The maximum atomic E-state index is 13.8. The van der Waals surface area contributed by atoms with Crippen LogP contribution in [-0.2, 0) is 24.6 Å². The standard InChI is InChI=1S/C37H32N6O14/c44-18-32-29(45)17-34(57-32)40-14-13-33(39-37(40)47)38-36(46)25-15-30(54-19-22-7-1-4-10-26(22)41(48)49)35(56-21-24-9-3-6-12-28(24)43(52)53)31(16-25)55-20-23-8-2-5-11-27(23)42(50)51/h1-16,29,32,34,44-45H,17-21H2,(H,38,39,46,47)/t29-,32-,34-/m1/s1. The monoisotopic (exact) mass is 784 g/mol. The molecule has 1 saturated heterocycles. The quantitative estimate of drug-likeness (QED) is 0.0911. The Bertz CT molecular complexity index is 2310. The van der Waals surface area contributed by atoms with Gasteiger partial charge in [-0.2, -0.15) is 4.98 Å². The lowest BCUT2D eigenvalue weighted by molar-refractivity contribution is -0.386. The topological polar surface area (TPSA) is 271 Å². The van der Waals surface area contributed by atoms with Gasteiger partial charge in [-0.25, -0.2) is 4.79 Å². The van der Waals surface area contributed by atoms with Gasteiger partial charge in [0.15, 0.2) is 11.5 Å². The second kappa shape index (κ2) is 17.5. The van der Waals surface area contributed by atoms with Crippen molar-refractivity contribution in [3.63, 3.8) is 0 Å². The number of nitrogens with one attached hydrogen (secondary N) is 1. The summed E-state index contributed by atoms with van der Waals surface area (Å²) in [7, 11) is 0. The molecule has 0 aliphatic carbocycles. The highest BCUT2D eigenvalue weighted by molar-refractivity contribution is 6.04. The van der Waals surface area contributed by atoms with Crippen LogP contribution in [0, 0.1) is 30.3 Å². The molecule has 20 heteroatoms. The Morgan fingerprint density at radius 2 is 1.26 bits per heavy atom. The number of aromatic nitrogens is 2. The number of aliphatic hydroxyl groups excluding tert-OH is 2. The Labute approximate surface area is 320 Å². The number of amides is 1. The summed E-state index contributed by atoms with van der Waals surface area (Å²) < 4.78 is 24.8. The SMILES string of the molecule is O=C(Nc1ccn([C@H]2C[C@@H](O)[C@@H](CO)O2)c(=O)n1)c1cc(OCc2ccccc2[N+](=O)[O-])c(OCc2ccccc2[N+](=O)[O-])c(OCc2ccccc2[N+](=O)[O-])c1. The zero-order chi connectivity index (χ0) is 40.6. The summed E-state index contributed by atoms with van der Waals surface area (Å²) in [6.07, 6.45) is -1.55. The molecule has 1 amide bonds. The van der Waals surface area contributed by atoms with Crippen molar-refractivity contribution in [1.82, 2.24) is 9.55 Å². The number of para-hydroxylation sites is 3. The molecule has 57 heavy (non-hydrogen) atoms. The van der Waals surface area contributed by atoms with Gasteiger partial charge in [0, 0.05) is 36.4 Å². The molecule has 1 aliphatic rings. The number of carbonyl (C=O) groups excluding carboxylic acids is 1. The smallest absolute Gasteiger partial charge is 0.351 e. The normalized spacial score (nSPS) is 16.1. The molecule has 3 N–H and O–H groups in total. The van der Waals surface area contributed by atoms with Crippen LogP contribution in [-0.4, -0.2) is 59.3 Å². The number of hydrogen-bond donors (Lipinski definition) is 3. The number of ether oxygens (including phenoxy) is 4. The minimum atomic E-state index is -1.02. The summed E-state index contributed by atoms with van der Waals surface area (Å²) in [4.78, 5) is 64.1. The van der Waals surface area contributed by atoms with Crippen molar-refractivity contribution in [1.29, 1.82) is 0 Å². The van der Waals surface area contributed by atoms with Crippen molar-refractivity contribution < 1.29 is 48.7 Å². The highest BCUT2D eigenvalue weighted by Gasteiger charge is 2.35. The maximum absolute atomic E-state index is 13.8. The zero-order valence-corrected chi connectivity index (χ0v) is 29.5. The average Bonchev–Trinajstić information content (AvgIpc) is 3.58. The molecule has 1 aromatic heterocycles. The molecule has 2 heterocycles. The van der Waals surface area contributed by atoms with Crippen LogP contribution in [0.15, 0.2) is 102 Å². The van der Waals surface area contributed by atoms with Crippen LogP contribution < -0.4 is 25.2 Å². The van der Waals surface area contributed by atoms with Gasteiger partial charge < -0.3 is 34.5 Å². The number of nitro benzene ring substituents is 3. The second-order valence-corrected chi connectivity index (χ2v) is 12.4. The van der Waals surface area contributed by atoms with E-state index in [0.29, 0.717) is 0 Å². The molecule has 1 aliphatic heterocycles. The first-order valence-corrected chi connectivity index (χ1v) is 17.0. The largest absolute Gasteiger partial charge is 0.485 e. The van der Waals surface area contributed by atoms with Gasteiger partial charge in [-0.15, -0.1) is 0 Å². The van der Waals surface area contributed by atoms with Crippen LogP contribution in [0.1, 0.15) is 39.7 Å². The van der Waals surface area contributed by atoms with E-state index >= 15 is 0 Å². The number of nitro groups is 3. The number of rotatable bonds is 16. The van der Waals surface area contributed by atoms with Crippen LogP contribution in [0.5, 0.6) is 17.2 Å². The van der Waals surface area contributed by atoms with Crippen LogP contribution in [0.4, 0.5) is 22.9 Å². The third-order valence-corrected chi connectivity index (χ3v) is 8.75. The number of aliphatic hydroxyl groups is 2. The third-order valence-electron chi connectivity index (χ3n) is 8.75. The average molecular weight is 785 g/mol. The van der Waals surface area contributed by atoms with Crippen LogP contribution in [0.25, 0.3) is 0 Å². The number of benzene rings is 4. The van der Waals surface area contributed by atoms with Crippen LogP contribution >= 0.6 is 0 Å². The Morgan fingerprint density at radius 3 is 1.70 bits per heavy atom. The van der Waals surface area contributed by atoms with Crippen LogP contribution in [0.3, 0.4) is 0 Å². The van der Waals surface area contributed by atoms with Crippen molar-refractivity contribution in [3.05, 3.63) is 160 Å². The molecule has 5 aromatic rings. The first kappa shape index (κ1) is 39.4. The molecule has 0 spiro atoms. The number of nitrogens with zero attached hydrogens (tertiary/aromatic N) is 5. The van der Waals surface area contributed by atoms with E-state index in [1.54, 1.807) is 18.2 Å². The minimum Gasteiger partial charge on any atom is -0.485 e. The first-order chi connectivity index (χ1) is 27.4. The number of anilines is 1. The van der Waals surface area contributed by atoms with Crippen molar-refractivity contribution in [2.24, 2.45) is 0 Å². The lowest BCUT2D eigenvalue weighted by Crippen LogP contribution is -2.28. The first-order valence-electron chi connectivity index (χ1n) is 17.0. The highest BCUT2D eigenvalue weighted by atomic mass is 16.6. The Balaban J connectivity index is 1.38. The lowest BCUT2D eigenvalue weighted by atomic mass is 10.1. The molecule has 20 nitrogen and oxygen atoms in total. The molecule has 0 bridgehead atoms. The van der Waals surface area contributed by atoms with Gasteiger partial charge in [-0.05, 0) is 36.4 Å². The molecular weight excluding hydrogens is 752 g/mol. The van der Waals surface area contributed by atoms with Crippen molar-refractivity contribution >= 4 is 28.8 Å². The van der Waals surface area contributed by atoms with Crippen LogP contribution in [0.2, 0.25) is 0 Å². The molecule has 0 unspecified atom stereocenters. The maximum Gasteiger partial charge on any atom is 0.351 e. The van der Waals surface area contributed by atoms with Gasteiger partial charge in [-0.3, -0.25) is 39.7 Å². The van der Waals surface area contributed by atoms with E-state index in [9.17, 15) is 50.1 Å². The second-order valence-electron chi connectivity index (χ2n) is 12.4. The van der Waals surface area contributed by atoms with Crippen molar-refractivity contribution in [2.75, 3.05) is 11.9 Å². The van der Waals surface area contributed by atoms with Gasteiger partial charge in [0.2, 0.25) is 5.75 Å². The van der Waals surface area contributed by atoms with E-state index in [4.69, 9.17) is 18.9 Å². The molecule has 3 atom stereocenters. The summed E-state index contributed by atoms with van der Waals surface area (Å²) in [5, 5.41) is 57.3. The molecule has 1 fully saturated rings. The zero-order valence-electron chi connectivity index (χ0n) is 29.5. The van der Waals surface area contributed by atoms with E-state index < -0.39 is 71.2 Å². The molecule has 0 radical (unpaired) electrons. The highest BCUT2D eigenvalue weighted by Crippen LogP contribution is 2.42. The predicted molar refractivity (Wildman–Crippen MR) is 197 cm³/mol. The Hall–Kier alpha value is -7.29.